The predicted octanol–water partition coefficient (Wildman–Crippen LogP) is 5.01. The lowest BCUT2D eigenvalue weighted by Gasteiger charge is -2.24. The number of aromatic nitrogens is 2. The Labute approximate surface area is 308 Å². The first-order valence-corrected chi connectivity index (χ1v) is 21.0. The first-order valence-electron chi connectivity index (χ1n) is 17.1. The summed E-state index contributed by atoms with van der Waals surface area (Å²) in [5.41, 5.74) is -2.25. The van der Waals surface area contributed by atoms with Gasteiger partial charge >= 0.3 is 19.5 Å². The van der Waals surface area contributed by atoms with E-state index in [0.717, 1.165) is 25.7 Å². The number of halogens is 1. The molecule has 4 rings (SSSR count). The number of nitrogens with zero attached hydrogens (tertiary/aromatic N) is 3. The number of hydrogen-bond acceptors (Lipinski definition) is 15. The summed E-state index contributed by atoms with van der Waals surface area (Å²) in [6.07, 6.45) is 0.0257. The Morgan fingerprint density at radius 2 is 1.63 bits per heavy atom. The molecule has 0 bridgehead atoms. The SMILES string of the molecule is CCC(C)(C)C(=O)OCOP(=O)(CS(=O)(=O)C[C@H]1O[C@@H](n2ccc3c(NC4CCCC4)c(C#N)c(Cl)nc32)[C@H](O)[C@@H]1O)OCOC(=O)C(C)(C)CC. The molecule has 1 aliphatic carbocycles. The van der Waals surface area contributed by atoms with Crippen LogP contribution in [0.15, 0.2) is 12.3 Å². The Hall–Kier alpha value is -2.81. The molecule has 2 aromatic rings. The van der Waals surface area contributed by atoms with Gasteiger partial charge < -0.3 is 34.3 Å². The molecular formula is C33H48ClN4O12PS. The number of sulfone groups is 1. The summed E-state index contributed by atoms with van der Waals surface area (Å²) in [5, 5.41) is 35.6. The Bertz CT molecular complexity index is 1780. The minimum Gasteiger partial charge on any atom is -0.438 e. The van der Waals surface area contributed by atoms with Gasteiger partial charge in [0.25, 0.3) is 0 Å². The second-order valence-electron chi connectivity index (χ2n) is 14.4. The van der Waals surface area contributed by atoms with Crippen LogP contribution in [0.1, 0.15) is 91.9 Å². The third kappa shape index (κ3) is 9.64. The highest BCUT2D eigenvalue weighted by atomic mass is 35.5. The number of nitrogens with one attached hydrogen (secondary N) is 1. The standard InChI is InChI=1S/C33H48ClN4O12PS/c1-7-32(3,4)30(41)46-17-48-51(43,49-18-47-31(42)33(5,6)8-2)19-52(44,45)16-23-25(39)26(40)29(50-23)38-14-13-21-24(36-20-11-9-10-12-20)22(15-35)27(34)37-28(21)38/h13-14,20,23,25-26,29,39-40H,7-12,16-19H2,1-6H3,(H,36,37)/t23-,25-,26-,29-/m1/s1. The number of aliphatic hydroxyl groups is 2. The molecule has 0 spiro atoms. The lowest BCUT2D eigenvalue weighted by molar-refractivity contribution is -0.163. The van der Waals surface area contributed by atoms with Crippen LogP contribution >= 0.6 is 19.2 Å². The molecule has 2 aliphatic rings. The van der Waals surface area contributed by atoms with Crippen LogP contribution in [0.2, 0.25) is 5.15 Å². The van der Waals surface area contributed by atoms with Gasteiger partial charge in [0.15, 0.2) is 26.7 Å². The zero-order chi connectivity index (χ0) is 38.6. The molecule has 0 radical (unpaired) electrons. The van der Waals surface area contributed by atoms with E-state index in [2.05, 4.69) is 16.4 Å². The number of hydrogen-bond donors (Lipinski definition) is 3. The largest absolute Gasteiger partial charge is 0.438 e. The molecule has 4 atom stereocenters. The van der Waals surface area contributed by atoms with E-state index in [1.165, 1.54) is 10.8 Å². The van der Waals surface area contributed by atoms with Crippen molar-refractivity contribution in [3.05, 3.63) is 23.0 Å². The maximum Gasteiger partial charge on any atom is 0.351 e. The van der Waals surface area contributed by atoms with E-state index >= 15 is 0 Å². The Morgan fingerprint density at radius 1 is 1.08 bits per heavy atom. The number of ether oxygens (including phenoxy) is 3. The van der Waals surface area contributed by atoms with Crippen LogP contribution < -0.4 is 5.32 Å². The molecule has 1 saturated heterocycles. The molecule has 2 fully saturated rings. The van der Waals surface area contributed by atoms with Crippen molar-refractivity contribution in [3.8, 4) is 6.07 Å². The zero-order valence-electron chi connectivity index (χ0n) is 30.2. The van der Waals surface area contributed by atoms with Crippen molar-refractivity contribution in [3.63, 3.8) is 0 Å². The minimum absolute atomic E-state index is 0.0914. The predicted molar refractivity (Wildman–Crippen MR) is 190 cm³/mol. The number of esters is 2. The lowest BCUT2D eigenvalue weighted by Crippen LogP contribution is -2.36. The fraction of sp³-hybridized carbons (Fsp3) is 0.697. The van der Waals surface area contributed by atoms with E-state index in [1.54, 1.807) is 47.6 Å². The second-order valence-corrected chi connectivity index (χ2v) is 19.3. The highest BCUT2D eigenvalue weighted by molar-refractivity contribution is 7.97. The number of aliphatic hydroxyl groups excluding tert-OH is 2. The van der Waals surface area contributed by atoms with Gasteiger partial charge in [-0.2, -0.15) is 5.26 Å². The van der Waals surface area contributed by atoms with Gasteiger partial charge in [0, 0.05) is 17.6 Å². The van der Waals surface area contributed by atoms with Crippen molar-refractivity contribution in [2.45, 2.75) is 111 Å². The summed E-state index contributed by atoms with van der Waals surface area (Å²) >= 11 is 6.41. The smallest absolute Gasteiger partial charge is 0.351 e. The number of pyridine rings is 1. The third-order valence-corrected chi connectivity index (χ3v) is 14.7. The van der Waals surface area contributed by atoms with Crippen molar-refractivity contribution >= 4 is 57.7 Å². The van der Waals surface area contributed by atoms with E-state index in [-0.39, 0.29) is 22.4 Å². The average Bonchev–Trinajstić information content (AvgIpc) is 3.81. The lowest BCUT2D eigenvalue weighted by atomic mass is 9.91. The monoisotopic (exact) mass is 790 g/mol. The molecule has 1 saturated carbocycles. The molecule has 1 aliphatic heterocycles. The minimum atomic E-state index is -4.70. The molecule has 2 aromatic heterocycles. The highest BCUT2D eigenvalue weighted by Crippen LogP contribution is 2.50. The summed E-state index contributed by atoms with van der Waals surface area (Å²) in [6.45, 7) is 8.16. The quantitative estimate of drug-likeness (QED) is 0.0829. The zero-order valence-corrected chi connectivity index (χ0v) is 32.6. The van der Waals surface area contributed by atoms with Gasteiger partial charge in [-0.05, 0) is 59.4 Å². The molecule has 0 amide bonds. The van der Waals surface area contributed by atoms with E-state index < -0.39 is 89.6 Å². The Kier molecular flexibility index (Phi) is 13.5. The molecule has 0 unspecified atom stereocenters. The van der Waals surface area contributed by atoms with E-state index in [1.807, 2.05) is 0 Å². The van der Waals surface area contributed by atoms with Gasteiger partial charge in [-0.15, -0.1) is 0 Å². The molecule has 290 valence electrons. The molecule has 0 aromatic carbocycles. The van der Waals surface area contributed by atoms with Crippen LogP contribution in [0, 0.1) is 22.2 Å². The number of fused-ring (bicyclic) bond motifs is 1. The maximum absolute atomic E-state index is 13.8. The van der Waals surface area contributed by atoms with Gasteiger partial charge in [0.2, 0.25) is 13.6 Å². The van der Waals surface area contributed by atoms with Crippen LogP contribution in [-0.2, 0) is 47.2 Å². The third-order valence-electron chi connectivity index (χ3n) is 9.77. The van der Waals surface area contributed by atoms with Crippen LogP contribution in [-0.4, -0.2) is 89.3 Å². The molecular weight excluding hydrogens is 743 g/mol. The second kappa shape index (κ2) is 16.7. The maximum atomic E-state index is 13.8. The fourth-order valence-electron chi connectivity index (χ4n) is 5.62. The van der Waals surface area contributed by atoms with Crippen LogP contribution in [0.25, 0.3) is 11.0 Å². The Morgan fingerprint density at radius 3 is 2.15 bits per heavy atom. The van der Waals surface area contributed by atoms with Crippen LogP contribution in [0.3, 0.4) is 0 Å². The molecule has 16 nitrogen and oxygen atoms in total. The van der Waals surface area contributed by atoms with Crippen molar-refractivity contribution < 1.29 is 56.0 Å². The molecule has 52 heavy (non-hydrogen) atoms. The number of carbonyl (C=O) groups is 2. The molecule has 3 N–H and O–H groups in total. The van der Waals surface area contributed by atoms with E-state index in [4.69, 9.17) is 34.9 Å². The van der Waals surface area contributed by atoms with Crippen molar-refractivity contribution in [1.82, 2.24) is 9.55 Å². The summed E-state index contributed by atoms with van der Waals surface area (Å²) in [4.78, 5) is 29.2. The molecule has 3 heterocycles. The van der Waals surface area contributed by atoms with Gasteiger partial charge in [0.1, 0.15) is 35.6 Å². The number of nitriles is 1. The van der Waals surface area contributed by atoms with Gasteiger partial charge in [-0.3, -0.25) is 23.2 Å². The highest BCUT2D eigenvalue weighted by Gasteiger charge is 2.47. The summed E-state index contributed by atoms with van der Waals surface area (Å²) in [5.74, 6) is -2.33. The number of anilines is 1. The average molecular weight is 791 g/mol. The van der Waals surface area contributed by atoms with Crippen molar-refractivity contribution in [1.29, 1.82) is 5.26 Å². The summed E-state index contributed by atoms with van der Waals surface area (Å²) < 4.78 is 68.6. The number of carbonyl (C=O) groups excluding carboxylic acids is 2. The van der Waals surface area contributed by atoms with Crippen molar-refractivity contribution in [2.24, 2.45) is 10.8 Å². The first-order chi connectivity index (χ1) is 24.3. The van der Waals surface area contributed by atoms with E-state index in [0.29, 0.717) is 23.9 Å². The van der Waals surface area contributed by atoms with Crippen LogP contribution in [0.5, 0.6) is 0 Å². The number of rotatable bonds is 17. The topological polar surface area (TPSA) is 226 Å². The van der Waals surface area contributed by atoms with Gasteiger partial charge in [-0.1, -0.05) is 38.3 Å². The first kappa shape index (κ1) is 41.9. The Balaban J connectivity index is 1.52. The van der Waals surface area contributed by atoms with E-state index in [9.17, 15) is 38.0 Å². The normalized spacial score (nSPS) is 21.7. The van der Waals surface area contributed by atoms with Crippen LogP contribution in [0.4, 0.5) is 5.69 Å². The summed E-state index contributed by atoms with van der Waals surface area (Å²) in [7, 11) is -9.20. The van der Waals surface area contributed by atoms with Gasteiger partial charge in [-0.25, -0.2) is 13.4 Å². The summed E-state index contributed by atoms with van der Waals surface area (Å²) in [6, 6.07) is 3.86. The fourth-order valence-corrected chi connectivity index (χ4v) is 10.1. The van der Waals surface area contributed by atoms with Crippen molar-refractivity contribution in [2.75, 3.05) is 30.1 Å². The van der Waals surface area contributed by atoms with Gasteiger partial charge in [0.05, 0.1) is 22.3 Å². The molecule has 19 heteroatoms.